The zero-order valence-electron chi connectivity index (χ0n) is 11.6. The average molecular weight is 251 g/mol. The van der Waals surface area contributed by atoms with Gasteiger partial charge in [-0.3, -0.25) is 4.79 Å². The van der Waals surface area contributed by atoms with Crippen LogP contribution in [-0.2, 0) is 0 Å². The Balaban J connectivity index is 2.60. The number of nitrogens with one attached hydrogen (secondary N) is 2. The smallest absolute Gasteiger partial charge is 0.271 e. The van der Waals surface area contributed by atoms with Crippen LogP contribution in [0, 0.1) is 0 Å². The fraction of sp³-hybridized carbons (Fsp3) is 0.583. The SMILES string of the molecule is CNc1cnc(C(=O)NCC(C)(C)N(C)C)cn1. The summed E-state index contributed by atoms with van der Waals surface area (Å²) in [4.78, 5) is 22.0. The van der Waals surface area contributed by atoms with Crippen LogP contribution in [-0.4, -0.2) is 54.0 Å². The molecule has 2 N–H and O–H groups in total. The number of carbonyl (C=O) groups excluding carboxylic acids is 1. The molecule has 1 amide bonds. The molecule has 0 bridgehead atoms. The third-order valence-corrected chi connectivity index (χ3v) is 3.03. The fourth-order valence-corrected chi connectivity index (χ4v) is 1.12. The van der Waals surface area contributed by atoms with E-state index in [0.29, 0.717) is 18.1 Å². The van der Waals surface area contributed by atoms with Gasteiger partial charge in [0.05, 0.1) is 12.4 Å². The lowest BCUT2D eigenvalue weighted by Gasteiger charge is -2.32. The lowest BCUT2D eigenvalue weighted by atomic mass is 10.0. The van der Waals surface area contributed by atoms with Gasteiger partial charge in [0, 0.05) is 19.1 Å². The Morgan fingerprint density at radius 1 is 1.33 bits per heavy atom. The molecule has 6 heteroatoms. The molecule has 0 radical (unpaired) electrons. The van der Waals surface area contributed by atoms with Crippen LogP contribution in [0.2, 0.25) is 0 Å². The van der Waals surface area contributed by atoms with Crippen molar-refractivity contribution in [2.24, 2.45) is 0 Å². The van der Waals surface area contributed by atoms with Crippen molar-refractivity contribution >= 4 is 11.7 Å². The number of likely N-dealkylation sites (N-methyl/N-ethyl adjacent to an activating group) is 1. The Morgan fingerprint density at radius 2 is 2.00 bits per heavy atom. The highest BCUT2D eigenvalue weighted by molar-refractivity contribution is 5.92. The Labute approximate surface area is 108 Å². The summed E-state index contributed by atoms with van der Waals surface area (Å²) in [6, 6.07) is 0. The number of hydrogen-bond acceptors (Lipinski definition) is 5. The molecule has 6 nitrogen and oxygen atoms in total. The average Bonchev–Trinajstić information content (AvgIpc) is 2.36. The second-order valence-corrected chi connectivity index (χ2v) is 4.93. The molecule has 0 aromatic carbocycles. The third kappa shape index (κ3) is 3.66. The molecule has 0 aliphatic heterocycles. The van der Waals surface area contributed by atoms with Crippen LogP contribution >= 0.6 is 0 Å². The molecule has 0 unspecified atom stereocenters. The van der Waals surface area contributed by atoms with E-state index in [4.69, 9.17) is 0 Å². The maximum Gasteiger partial charge on any atom is 0.271 e. The Bertz CT molecular complexity index is 399. The summed E-state index contributed by atoms with van der Waals surface area (Å²) in [6.45, 7) is 4.67. The number of rotatable bonds is 5. The normalized spacial score (nSPS) is 11.4. The van der Waals surface area contributed by atoms with E-state index in [0.717, 1.165) is 0 Å². The van der Waals surface area contributed by atoms with Gasteiger partial charge >= 0.3 is 0 Å². The summed E-state index contributed by atoms with van der Waals surface area (Å²) in [7, 11) is 5.71. The van der Waals surface area contributed by atoms with Crippen LogP contribution in [0.4, 0.5) is 5.82 Å². The molecule has 0 spiro atoms. The lowest BCUT2D eigenvalue weighted by molar-refractivity contribution is 0.0914. The summed E-state index contributed by atoms with van der Waals surface area (Å²) in [6.07, 6.45) is 3.00. The number of hydrogen-bond donors (Lipinski definition) is 2. The van der Waals surface area contributed by atoms with Crippen LogP contribution in [0.3, 0.4) is 0 Å². The maximum atomic E-state index is 11.9. The molecule has 0 atom stereocenters. The van der Waals surface area contributed by atoms with E-state index in [9.17, 15) is 4.79 Å². The van der Waals surface area contributed by atoms with Crippen LogP contribution in [0.1, 0.15) is 24.3 Å². The molecule has 1 aromatic heterocycles. The number of carbonyl (C=O) groups is 1. The quantitative estimate of drug-likeness (QED) is 0.801. The highest BCUT2D eigenvalue weighted by Crippen LogP contribution is 2.08. The predicted octanol–water partition coefficient (Wildman–Crippen LogP) is 0.588. The highest BCUT2D eigenvalue weighted by Gasteiger charge is 2.21. The fourth-order valence-electron chi connectivity index (χ4n) is 1.12. The minimum absolute atomic E-state index is 0.103. The first kappa shape index (κ1) is 14.4. The number of anilines is 1. The van der Waals surface area contributed by atoms with Gasteiger partial charge in [-0.2, -0.15) is 0 Å². The van der Waals surface area contributed by atoms with Crippen LogP contribution in [0.15, 0.2) is 12.4 Å². The molecule has 0 saturated heterocycles. The maximum absolute atomic E-state index is 11.9. The zero-order valence-corrected chi connectivity index (χ0v) is 11.6. The van der Waals surface area contributed by atoms with E-state index in [2.05, 4.69) is 39.3 Å². The molecule has 0 fully saturated rings. The first-order chi connectivity index (χ1) is 8.36. The van der Waals surface area contributed by atoms with Crippen molar-refractivity contribution in [1.82, 2.24) is 20.2 Å². The number of amides is 1. The predicted molar refractivity (Wildman–Crippen MR) is 71.7 cm³/mol. The van der Waals surface area contributed by atoms with Crippen molar-refractivity contribution in [1.29, 1.82) is 0 Å². The van der Waals surface area contributed by atoms with E-state index in [1.165, 1.54) is 12.4 Å². The van der Waals surface area contributed by atoms with E-state index >= 15 is 0 Å². The minimum Gasteiger partial charge on any atom is -0.372 e. The molecule has 18 heavy (non-hydrogen) atoms. The summed E-state index contributed by atoms with van der Waals surface area (Å²) < 4.78 is 0. The van der Waals surface area contributed by atoms with Crippen molar-refractivity contribution in [2.75, 3.05) is 33.0 Å². The van der Waals surface area contributed by atoms with Crippen LogP contribution in [0.5, 0.6) is 0 Å². The van der Waals surface area contributed by atoms with Crippen LogP contribution in [0.25, 0.3) is 0 Å². The summed E-state index contributed by atoms with van der Waals surface area (Å²) in [5.41, 5.74) is 0.220. The van der Waals surface area contributed by atoms with E-state index in [-0.39, 0.29) is 11.4 Å². The number of aromatic nitrogens is 2. The molecule has 1 rings (SSSR count). The van der Waals surface area contributed by atoms with Crippen LogP contribution < -0.4 is 10.6 Å². The molecule has 0 aliphatic rings. The Morgan fingerprint density at radius 3 is 2.44 bits per heavy atom. The molecule has 1 heterocycles. The van der Waals surface area contributed by atoms with Gasteiger partial charge in [0.15, 0.2) is 0 Å². The van der Waals surface area contributed by atoms with Crippen molar-refractivity contribution in [3.63, 3.8) is 0 Å². The number of nitrogens with zero attached hydrogens (tertiary/aromatic N) is 3. The largest absolute Gasteiger partial charge is 0.372 e. The van der Waals surface area contributed by atoms with E-state index < -0.39 is 0 Å². The Kier molecular flexibility index (Phi) is 4.61. The molecular weight excluding hydrogens is 230 g/mol. The third-order valence-electron chi connectivity index (χ3n) is 3.03. The molecule has 0 aliphatic carbocycles. The monoisotopic (exact) mass is 251 g/mol. The second kappa shape index (κ2) is 5.77. The first-order valence-corrected chi connectivity index (χ1v) is 5.82. The van der Waals surface area contributed by atoms with Gasteiger partial charge in [-0.15, -0.1) is 0 Å². The van der Waals surface area contributed by atoms with Gasteiger partial charge in [0.25, 0.3) is 5.91 Å². The van der Waals surface area contributed by atoms with Gasteiger partial charge in [-0.05, 0) is 27.9 Å². The van der Waals surface area contributed by atoms with Gasteiger partial charge in [0.1, 0.15) is 11.5 Å². The molecular formula is C12H21N5O. The first-order valence-electron chi connectivity index (χ1n) is 5.82. The van der Waals surface area contributed by atoms with Crippen molar-refractivity contribution < 1.29 is 4.79 Å². The summed E-state index contributed by atoms with van der Waals surface area (Å²) in [5.74, 6) is 0.431. The van der Waals surface area contributed by atoms with E-state index in [1.807, 2.05) is 14.1 Å². The van der Waals surface area contributed by atoms with Gasteiger partial charge in [0.2, 0.25) is 0 Å². The zero-order chi connectivity index (χ0) is 13.8. The summed E-state index contributed by atoms with van der Waals surface area (Å²) in [5, 5.41) is 5.71. The van der Waals surface area contributed by atoms with Crippen molar-refractivity contribution in [3.05, 3.63) is 18.1 Å². The molecule has 0 saturated carbocycles. The highest BCUT2D eigenvalue weighted by atomic mass is 16.1. The topological polar surface area (TPSA) is 70.2 Å². The lowest BCUT2D eigenvalue weighted by Crippen LogP contribution is -2.48. The van der Waals surface area contributed by atoms with Gasteiger partial charge < -0.3 is 15.5 Å². The van der Waals surface area contributed by atoms with Crippen molar-refractivity contribution in [3.8, 4) is 0 Å². The molecule has 1 aromatic rings. The minimum atomic E-state index is -0.208. The summed E-state index contributed by atoms with van der Waals surface area (Å²) >= 11 is 0. The van der Waals surface area contributed by atoms with Crippen molar-refractivity contribution in [2.45, 2.75) is 19.4 Å². The van der Waals surface area contributed by atoms with Gasteiger partial charge in [-0.25, -0.2) is 9.97 Å². The van der Waals surface area contributed by atoms with E-state index in [1.54, 1.807) is 7.05 Å². The molecule has 100 valence electrons. The van der Waals surface area contributed by atoms with Gasteiger partial charge in [-0.1, -0.05) is 0 Å². The second-order valence-electron chi connectivity index (χ2n) is 4.93. The standard InChI is InChI=1S/C12H21N5O/c1-12(2,17(4)5)8-16-11(18)9-6-15-10(13-3)7-14-9/h6-7H,8H2,1-5H3,(H,13,15)(H,16,18). The Hall–Kier alpha value is -1.69.